The number of anilines is 1. The minimum Gasteiger partial charge on any atom is -0.496 e. The van der Waals surface area contributed by atoms with Crippen LogP contribution in [0.15, 0.2) is 41.4 Å². The van der Waals surface area contributed by atoms with Crippen molar-refractivity contribution < 1.29 is 13.2 Å². The van der Waals surface area contributed by atoms with Crippen LogP contribution in [-0.2, 0) is 16.6 Å². The average Bonchev–Trinajstić information content (AvgIpc) is 2.62. The van der Waals surface area contributed by atoms with Gasteiger partial charge in [0.05, 0.1) is 7.11 Å². The van der Waals surface area contributed by atoms with E-state index >= 15 is 0 Å². The standard InChI is InChI=1S/C18H24N4O3S/c1-14-3-5-17(25-2)15(11-14)13-21-7-9-22(10-8-21)18-6-4-16(12-20-18)26(19,23)24/h3-6,11-12H,7-10,13H2,1-2H3,(H2,19,23,24). The van der Waals surface area contributed by atoms with Gasteiger partial charge in [0.25, 0.3) is 0 Å². The number of ether oxygens (including phenoxy) is 1. The maximum absolute atomic E-state index is 11.3. The molecule has 0 amide bonds. The van der Waals surface area contributed by atoms with Gasteiger partial charge in [-0.15, -0.1) is 0 Å². The van der Waals surface area contributed by atoms with Gasteiger partial charge in [-0.2, -0.15) is 0 Å². The molecule has 26 heavy (non-hydrogen) atoms. The van der Waals surface area contributed by atoms with E-state index in [4.69, 9.17) is 9.88 Å². The molecule has 0 radical (unpaired) electrons. The molecule has 0 atom stereocenters. The van der Waals surface area contributed by atoms with Crippen molar-refractivity contribution in [1.82, 2.24) is 9.88 Å². The highest BCUT2D eigenvalue weighted by atomic mass is 32.2. The summed E-state index contributed by atoms with van der Waals surface area (Å²) in [5.74, 6) is 1.68. The lowest BCUT2D eigenvalue weighted by Gasteiger charge is -2.35. The molecular weight excluding hydrogens is 352 g/mol. The normalized spacial score (nSPS) is 15.9. The second kappa shape index (κ2) is 7.61. The van der Waals surface area contributed by atoms with Crippen molar-refractivity contribution in [2.75, 3.05) is 38.2 Å². The number of pyridine rings is 1. The summed E-state index contributed by atoms with van der Waals surface area (Å²) in [6, 6.07) is 9.44. The molecule has 1 aromatic carbocycles. The number of nitrogens with two attached hydrogens (primary N) is 1. The number of hydrogen-bond acceptors (Lipinski definition) is 6. The van der Waals surface area contributed by atoms with E-state index in [0.29, 0.717) is 0 Å². The summed E-state index contributed by atoms with van der Waals surface area (Å²) in [6.45, 7) is 6.38. The summed E-state index contributed by atoms with van der Waals surface area (Å²) in [5.41, 5.74) is 2.41. The van der Waals surface area contributed by atoms with E-state index in [1.807, 2.05) is 6.07 Å². The van der Waals surface area contributed by atoms with Crippen molar-refractivity contribution in [2.45, 2.75) is 18.4 Å². The quantitative estimate of drug-likeness (QED) is 0.848. The molecule has 0 spiro atoms. The van der Waals surface area contributed by atoms with Gasteiger partial charge in [0.2, 0.25) is 10.0 Å². The fourth-order valence-corrected chi connectivity index (χ4v) is 3.59. The monoisotopic (exact) mass is 376 g/mol. The lowest BCUT2D eigenvalue weighted by molar-refractivity contribution is 0.245. The van der Waals surface area contributed by atoms with Crippen LogP contribution < -0.4 is 14.8 Å². The van der Waals surface area contributed by atoms with Crippen LogP contribution in [0.4, 0.5) is 5.82 Å². The van der Waals surface area contributed by atoms with Crippen molar-refractivity contribution in [3.63, 3.8) is 0 Å². The van der Waals surface area contributed by atoms with Crippen LogP contribution in [-0.4, -0.2) is 51.6 Å². The zero-order chi connectivity index (χ0) is 18.7. The van der Waals surface area contributed by atoms with Gasteiger partial charge in [-0.1, -0.05) is 17.7 Å². The maximum Gasteiger partial charge on any atom is 0.239 e. The van der Waals surface area contributed by atoms with E-state index < -0.39 is 10.0 Å². The summed E-state index contributed by atoms with van der Waals surface area (Å²) in [6.07, 6.45) is 1.31. The number of aryl methyl sites for hydroxylation is 1. The minimum absolute atomic E-state index is 0.0337. The van der Waals surface area contributed by atoms with Gasteiger partial charge in [0.15, 0.2) is 0 Å². The second-order valence-electron chi connectivity index (χ2n) is 6.48. The molecule has 2 heterocycles. The van der Waals surface area contributed by atoms with E-state index in [1.165, 1.54) is 23.4 Å². The lowest BCUT2D eigenvalue weighted by atomic mass is 10.1. The summed E-state index contributed by atoms with van der Waals surface area (Å²) in [7, 11) is -2.01. The molecule has 0 saturated carbocycles. The largest absolute Gasteiger partial charge is 0.496 e. The molecule has 1 aromatic heterocycles. The van der Waals surface area contributed by atoms with Gasteiger partial charge in [-0.05, 0) is 25.1 Å². The van der Waals surface area contributed by atoms with E-state index in [1.54, 1.807) is 13.2 Å². The Bertz CT molecular complexity index is 861. The third-order valence-electron chi connectivity index (χ3n) is 4.58. The Balaban J connectivity index is 1.62. The van der Waals surface area contributed by atoms with Crippen LogP contribution >= 0.6 is 0 Å². The zero-order valence-corrected chi connectivity index (χ0v) is 15.9. The van der Waals surface area contributed by atoms with Gasteiger partial charge in [-0.3, -0.25) is 4.90 Å². The molecule has 1 aliphatic rings. The number of methoxy groups -OCH3 is 1. The number of nitrogens with zero attached hydrogens (tertiary/aromatic N) is 3. The Morgan fingerprint density at radius 2 is 1.88 bits per heavy atom. The van der Waals surface area contributed by atoms with E-state index in [0.717, 1.165) is 44.3 Å². The Morgan fingerprint density at radius 3 is 2.46 bits per heavy atom. The highest BCUT2D eigenvalue weighted by Crippen LogP contribution is 2.23. The van der Waals surface area contributed by atoms with Gasteiger partial charge in [-0.25, -0.2) is 18.5 Å². The van der Waals surface area contributed by atoms with Crippen molar-refractivity contribution in [3.05, 3.63) is 47.7 Å². The first-order valence-electron chi connectivity index (χ1n) is 8.46. The first kappa shape index (κ1) is 18.6. The average molecular weight is 376 g/mol. The second-order valence-corrected chi connectivity index (χ2v) is 8.04. The molecule has 140 valence electrons. The molecule has 3 rings (SSSR count). The zero-order valence-electron chi connectivity index (χ0n) is 15.1. The number of rotatable bonds is 5. The smallest absolute Gasteiger partial charge is 0.239 e. The minimum atomic E-state index is -3.70. The number of sulfonamides is 1. The van der Waals surface area contributed by atoms with Crippen LogP contribution in [0.3, 0.4) is 0 Å². The molecule has 2 aromatic rings. The molecule has 7 nitrogen and oxygen atoms in total. The number of piperazine rings is 1. The molecule has 8 heteroatoms. The fraction of sp³-hybridized carbons (Fsp3) is 0.389. The summed E-state index contributed by atoms with van der Waals surface area (Å²) in [4.78, 5) is 8.81. The third kappa shape index (κ3) is 4.32. The van der Waals surface area contributed by atoms with E-state index in [9.17, 15) is 8.42 Å². The summed E-state index contributed by atoms with van der Waals surface area (Å²) in [5, 5.41) is 5.11. The first-order valence-corrected chi connectivity index (χ1v) is 10.0. The first-order chi connectivity index (χ1) is 12.4. The molecule has 0 bridgehead atoms. The molecule has 1 aliphatic heterocycles. The highest BCUT2D eigenvalue weighted by Gasteiger charge is 2.20. The van der Waals surface area contributed by atoms with Gasteiger partial charge >= 0.3 is 0 Å². The van der Waals surface area contributed by atoms with Crippen LogP contribution in [0.1, 0.15) is 11.1 Å². The van der Waals surface area contributed by atoms with E-state index in [2.05, 4.69) is 33.8 Å². The van der Waals surface area contributed by atoms with Crippen LogP contribution in [0.25, 0.3) is 0 Å². The fourth-order valence-electron chi connectivity index (χ4n) is 3.13. The Hall–Kier alpha value is -2.16. The lowest BCUT2D eigenvalue weighted by Crippen LogP contribution is -2.46. The van der Waals surface area contributed by atoms with Crippen LogP contribution in [0.5, 0.6) is 5.75 Å². The molecule has 0 unspecified atom stereocenters. The highest BCUT2D eigenvalue weighted by molar-refractivity contribution is 7.89. The predicted molar refractivity (Wildman–Crippen MR) is 101 cm³/mol. The molecule has 1 saturated heterocycles. The molecule has 0 aliphatic carbocycles. The topological polar surface area (TPSA) is 88.8 Å². The maximum atomic E-state index is 11.3. The van der Waals surface area contributed by atoms with Crippen LogP contribution in [0, 0.1) is 6.92 Å². The molecular formula is C18H24N4O3S. The number of primary sulfonamides is 1. The van der Waals surface area contributed by atoms with Crippen molar-refractivity contribution in [3.8, 4) is 5.75 Å². The Morgan fingerprint density at radius 1 is 1.15 bits per heavy atom. The van der Waals surface area contributed by atoms with Crippen molar-refractivity contribution in [1.29, 1.82) is 0 Å². The van der Waals surface area contributed by atoms with E-state index in [-0.39, 0.29) is 4.90 Å². The predicted octanol–water partition coefficient (Wildman–Crippen LogP) is 1.37. The molecule has 2 N–H and O–H groups in total. The molecule has 1 fully saturated rings. The third-order valence-corrected chi connectivity index (χ3v) is 5.47. The van der Waals surface area contributed by atoms with Crippen LogP contribution in [0.2, 0.25) is 0 Å². The number of hydrogen-bond donors (Lipinski definition) is 1. The SMILES string of the molecule is COc1ccc(C)cc1CN1CCN(c2ccc(S(N)(=O)=O)cn2)CC1. The Labute approximate surface area is 154 Å². The Kier molecular flexibility index (Phi) is 5.45. The number of aromatic nitrogens is 1. The number of benzene rings is 1. The summed E-state index contributed by atoms with van der Waals surface area (Å²) < 4.78 is 28.1. The van der Waals surface area contributed by atoms with Gasteiger partial charge < -0.3 is 9.64 Å². The van der Waals surface area contributed by atoms with Gasteiger partial charge in [0.1, 0.15) is 16.5 Å². The van der Waals surface area contributed by atoms with Crippen molar-refractivity contribution in [2.24, 2.45) is 5.14 Å². The van der Waals surface area contributed by atoms with Gasteiger partial charge in [0, 0.05) is 44.5 Å². The summed E-state index contributed by atoms with van der Waals surface area (Å²) >= 11 is 0. The van der Waals surface area contributed by atoms with Crippen molar-refractivity contribution >= 4 is 15.8 Å².